The zero-order valence-corrected chi connectivity index (χ0v) is 18.5. The minimum Gasteiger partial charge on any atom is -0.368 e. The van der Waals surface area contributed by atoms with Gasteiger partial charge in [-0.3, -0.25) is 0 Å². The van der Waals surface area contributed by atoms with Crippen LogP contribution < -0.4 is 14.7 Å². The lowest BCUT2D eigenvalue weighted by atomic mass is 10.1. The van der Waals surface area contributed by atoms with Crippen LogP contribution in [-0.4, -0.2) is 74.6 Å². The average molecular weight is 440 g/mol. The molecule has 2 aliphatic heterocycles. The van der Waals surface area contributed by atoms with Gasteiger partial charge in [-0.1, -0.05) is 0 Å². The van der Waals surface area contributed by atoms with Gasteiger partial charge in [-0.25, -0.2) is 18.4 Å². The predicted molar refractivity (Wildman–Crippen MR) is 122 cm³/mol. The maximum Gasteiger partial charge on any atom is 0.154 e. The summed E-state index contributed by atoms with van der Waals surface area (Å²) in [6.07, 6.45) is 2.06. The minimum absolute atomic E-state index is 0.0676. The fourth-order valence-electron chi connectivity index (χ4n) is 4.27. The molecule has 2 aromatic heterocycles. The Morgan fingerprint density at radius 2 is 1.74 bits per heavy atom. The van der Waals surface area contributed by atoms with Crippen molar-refractivity contribution < 1.29 is 8.42 Å². The molecule has 5 rings (SSSR count). The van der Waals surface area contributed by atoms with Crippen molar-refractivity contribution in [3.8, 4) is 0 Å². The highest BCUT2D eigenvalue weighted by atomic mass is 32.2. The normalized spacial score (nSPS) is 18.1. The van der Waals surface area contributed by atoms with Gasteiger partial charge in [-0.05, 0) is 29.8 Å². The molecule has 0 unspecified atom stereocenters. The lowest BCUT2D eigenvalue weighted by Gasteiger charge is -2.37. The number of hydrogen-bond donors (Lipinski definition) is 0. The van der Waals surface area contributed by atoms with Crippen molar-refractivity contribution in [2.24, 2.45) is 0 Å². The standard InChI is InChI=1S/C21H25N7O2S/c1-26(2)21-17-12-16(3-4-19(17)22-14-23-21)27-6-8-28(9-7-27)20-11-15-13-31(29,30)10-5-18(15)24-25-20/h3-4,11-12,14H,5-10,13H2,1-2H3. The number of aromatic nitrogens is 4. The molecule has 0 atom stereocenters. The second-order valence-corrected chi connectivity index (χ2v) is 10.5. The number of aryl methyl sites for hydroxylation is 1. The van der Waals surface area contributed by atoms with Gasteiger partial charge in [0.15, 0.2) is 15.7 Å². The lowest BCUT2D eigenvalue weighted by molar-refractivity contribution is 0.589. The van der Waals surface area contributed by atoms with Crippen LogP contribution in [-0.2, 0) is 22.0 Å². The van der Waals surface area contributed by atoms with Gasteiger partial charge in [0.1, 0.15) is 12.1 Å². The summed E-state index contributed by atoms with van der Waals surface area (Å²) in [5.74, 6) is 1.90. The Labute approximate surface area is 181 Å². The van der Waals surface area contributed by atoms with E-state index >= 15 is 0 Å². The highest BCUT2D eigenvalue weighted by molar-refractivity contribution is 7.90. The van der Waals surface area contributed by atoms with Crippen molar-refractivity contribution in [1.82, 2.24) is 20.2 Å². The van der Waals surface area contributed by atoms with Crippen LogP contribution in [0.2, 0.25) is 0 Å². The molecular formula is C21H25N7O2S. The number of hydrogen-bond acceptors (Lipinski definition) is 9. The van der Waals surface area contributed by atoms with E-state index in [9.17, 15) is 8.42 Å². The fraction of sp³-hybridized carbons (Fsp3) is 0.429. The number of benzene rings is 1. The van der Waals surface area contributed by atoms with Crippen LogP contribution in [0.5, 0.6) is 0 Å². The first-order valence-electron chi connectivity index (χ1n) is 10.4. The van der Waals surface area contributed by atoms with Gasteiger partial charge >= 0.3 is 0 Å². The molecule has 4 heterocycles. The zero-order valence-electron chi connectivity index (χ0n) is 17.7. The van der Waals surface area contributed by atoms with Crippen molar-refractivity contribution in [3.63, 3.8) is 0 Å². The maximum atomic E-state index is 12.0. The smallest absolute Gasteiger partial charge is 0.154 e. The van der Waals surface area contributed by atoms with E-state index in [4.69, 9.17) is 0 Å². The fourth-order valence-corrected chi connectivity index (χ4v) is 5.65. The molecular weight excluding hydrogens is 414 g/mol. The van der Waals surface area contributed by atoms with Gasteiger partial charge in [0.05, 0.1) is 22.7 Å². The molecule has 0 saturated carbocycles. The molecule has 0 spiro atoms. The van der Waals surface area contributed by atoms with Crippen LogP contribution in [0.1, 0.15) is 11.3 Å². The first kappa shape index (κ1) is 19.9. The molecule has 3 aromatic rings. The monoisotopic (exact) mass is 439 g/mol. The topological polar surface area (TPSA) is 95.4 Å². The Hall–Kier alpha value is -3.01. The third kappa shape index (κ3) is 3.87. The van der Waals surface area contributed by atoms with Gasteiger partial charge < -0.3 is 14.7 Å². The van der Waals surface area contributed by atoms with Crippen LogP contribution in [0.15, 0.2) is 30.6 Å². The van der Waals surface area contributed by atoms with E-state index in [-0.39, 0.29) is 11.5 Å². The second-order valence-electron chi connectivity index (χ2n) is 8.28. The Morgan fingerprint density at radius 3 is 2.52 bits per heavy atom. The molecule has 1 saturated heterocycles. The Morgan fingerprint density at radius 1 is 0.968 bits per heavy atom. The molecule has 31 heavy (non-hydrogen) atoms. The zero-order chi connectivity index (χ0) is 21.6. The second kappa shape index (κ2) is 7.60. The van der Waals surface area contributed by atoms with Crippen molar-refractivity contribution in [2.75, 3.05) is 60.7 Å². The predicted octanol–water partition coefficient (Wildman–Crippen LogP) is 1.28. The van der Waals surface area contributed by atoms with E-state index in [0.717, 1.165) is 65.7 Å². The molecule has 0 amide bonds. The highest BCUT2D eigenvalue weighted by Gasteiger charge is 2.25. The summed E-state index contributed by atoms with van der Waals surface area (Å²) in [6.45, 7) is 3.27. The Kier molecular flexibility index (Phi) is 4.88. The van der Waals surface area contributed by atoms with Crippen LogP contribution in [0, 0.1) is 0 Å². The molecule has 0 N–H and O–H groups in total. The number of rotatable bonds is 3. The number of sulfone groups is 1. The first-order valence-corrected chi connectivity index (χ1v) is 12.2. The van der Waals surface area contributed by atoms with Gasteiger partial charge in [0, 0.05) is 57.8 Å². The van der Waals surface area contributed by atoms with Crippen molar-refractivity contribution in [3.05, 3.63) is 41.9 Å². The summed E-state index contributed by atoms with van der Waals surface area (Å²) in [5.41, 5.74) is 3.68. The summed E-state index contributed by atoms with van der Waals surface area (Å²) in [5, 5.41) is 9.72. The van der Waals surface area contributed by atoms with Gasteiger partial charge in [-0.2, -0.15) is 5.10 Å². The summed E-state index contributed by atoms with van der Waals surface area (Å²) in [6, 6.07) is 8.21. The third-order valence-electron chi connectivity index (χ3n) is 5.96. The van der Waals surface area contributed by atoms with E-state index in [2.05, 4.69) is 42.1 Å². The number of piperazine rings is 1. The van der Waals surface area contributed by atoms with E-state index in [1.165, 1.54) is 0 Å². The summed E-state index contributed by atoms with van der Waals surface area (Å²) in [4.78, 5) is 15.3. The molecule has 0 bridgehead atoms. The molecule has 0 radical (unpaired) electrons. The van der Waals surface area contributed by atoms with Gasteiger partial charge in [0.2, 0.25) is 0 Å². The Balaban J connectivity index is 1.34. The molecule has 1 aromatic carbocycles. The first-order chi connectivity index (χ1) is 14.9. The van der Waals surface area contributed by atoms with Gasteiger partial charge in [-0.15, -0.1) is 5.10 Å². The quantitative estimate of drug-likeness (QED) is 0.598. The number of nitrogens with zero attached hydrogens (tertiary/aromatic N) is 7. The van der Waals surface area contributed by atoms with Crippen molar-refractivity contribution in [1.29, 1.82) is 0 Å². The lowest BCUT2D eigenvalue weighted by Crippen LogP contribution is -2.47. The minimum atomic E-state index is -3.02. The van der Waals surface area contributed by atoms with E-state index in [0.29, 0.717) is 6.42 Å². The largest absolute Gasteiger partial charge is 0.368 e. The van der Waals surface area contributed by atoms with Crippen LogP contribution >= 0.6 is 0 Å². The summed E-state index contributed by atoms with van der Waals surface area (Å²) >= 11 is 0. The SMILES string of the molecule is CN(C)c1ncnc2ccc(N3CCN(c4cc5c(nn4)CCS(=O)(=O)C5)CC3)cc12. The summed E-state index contributed by atoms with van der Waals surface area (Å²) in [7, 11) is 0.944. The van der Waals surface area contributed by atoms with Crippen LogP contribution in [0.3, 0.4) is 0 Å². The molecule has 1 fully saturated rings. The van der Waals surface area contributed by atoms with Crippen molar-refractivity contribution >= 4 is 38.1 Å². The molecule has 10 heteroatoms. The average Bonchev–Trinajstić information content (AvgIpc) is 2.77. The van der Waals surface area contributed by atoms with E-state index < -0.39 is 9.84 Å². The number of anilines is 3. The Bertz CT molecular complexity index is 1240. The molecule has 2 aliphatic rings. The molecule has 162 valence electrons. The summed E-state index contributed by atoms with van der Waals surface area (Å²) < 4.78 is 24.0. The molecule has 9 nitrogen and oxygen atoms in total. The van der Waals surface area contributed by atoms with E-state index in [1.54, 1.807) is 6.33 Å². The maximum absolute atomic E-state index is 12.0. The van der Waals surface area contributed by atoms with Crippen LogP contribution in [0.25, 0.3) is 10.9 Å². The van der Waals surface area contributed by atoms with Crippen LogP contribution in [0.4, 0.5) is 17.3 Å². The van der Waals surface area contributed by atoms with Crippen molar-refractivity contribution in [2.45, 2.75) is 12.2 Å². The van der Waals surface area contributed by atoms with E-state index in [1.807, 2.05) is 31.1 Å². The van der Waals surface area contributed by atoms with Gasteiger partial charge in [0.25, 0.3) is 0 Å². The highest BCUT2D eigenvalue weighted by Crippen LogP contribution is 2.28. The third-order valence-corrected chi connectivity index (χ3v) is 7.54. The number of fused-ring (bicyclic) bond motifs is 2. The molecule has 0 aliphatic carbocycles.